The number of H-pyrrole nitrogens is 1. The first-order valence-electron chi connectivity index (χ1n) is 8.97. The van der Waals surface area contributed by atoms with Gasteiger partial charge in [-0.1, -0.05) is 6.07 Å². The Bertz CT molecular complexity index is 1100. The Hall–Kier alpha value is -2.98. The highest BCUT2D eigenvalue weighted by Crippen LogP contribution is 2.21. The van der Waals surface area contributed by atoms with E-state index in [1.165, 1.54) is 52.4 Å². The van der Waals surface area contributed by atoms with Gasteiger partial charge in [0.15, 0.2) is 6.10 Å². The normalized spacial score (nSPS) is 12.5. The van der Waals surface area contributed by atoms with Gasteiger partial charge in [-0.15, -0.1) is 0 Å². The lowest BCUT2D eigenvalue weighted by atomic mass is 10.1. The lowest BCUT2D eigenvalue weighted by molar-refractivity contribution is 0.0316. The Morgan fingerprint density at radius 3 is 2.30 bits per heavy atom. The second-order valence-corrected chi connectivity index (χ2v) is 9.00. The van der Waals surface area contributed by atoms with Gasteiger partial charge in [-0.05, 0) is 44.5 Å². The molecule has 2 aromatic rings. The average molecular weight is 436 g/mol. The number of ketones is 1. The van der Waals surface area contributed by atoms with Crippen molar-refractivity contribution in [2.45, 2.75) is 31.8 Å². The van der Waals surface area contributed by atoms with Gasteiger partial charge in [0.1, 0.15) is 0 Å². The molecule has 162 valence electrons. The van der Waals surface area contributed by atoms with Crippen molar-refractivity contribution < 1.29 is 32.3 Å². The molecule has 0 spiro atoms. The molecule has 0 aliphatic rings. The zero-order valence-electron chi connectivity index (χ0n) is 17.6. The molecule has 1 atom stereocenters. The molecular formula is C20H24N2O7S. The molecule has 0 fully saturated rings. The highest BCUT2D eigenvalue weighted by molar-refractivity contribution is 7.89. The molecule has 0 bridgehead atoms. The van der Waals surface area contributed by atoms with Crippen LogP contribution in [-0.2, 0) is 19.5 Å². The van der Waals surface area contributed by atoms with Crippen molar-refractivity contribution in [3.63, 3.8) is 0 Å². The van der Waals surface area contributed by atoms with Crippen molar-refractivity contribution in [2.75, 3.05) is 21.2 Å². The van der Waals surface area contributed by atoms with E-state index in [1.54, 1.807) is 13.8 Å². The number of esters is 2. The van der Waals surface area contributed by atoms with Crippen LogP contribution in [0.1, 0.15) is 49.4 Å². The summed E-state index contributed by atoms with van der Waals surface area (Å²) in [6.07, 6.45) is -1.17. The number of aromatic nitrogens is 1. The summed E-state index contributed by atoms with van der Waals surface area (Å²) in [5.74, 6) is -1.96. The molecule has 0 aliphatic carbocycles. The van der Waals surface area contributed by atoms with E-state index in [-0.39, 0.29) is 21.7 Å². The van der Waals surface area contributed by atoms with Gasteiger partial charge in [-0.3, -0.25) is 4.79 Å². The number of Topliss-reactive ketones (excluding diaryl/α,β-unsaturated/α-hetero) is 1. The predicted octanol–water partition coefficient (Wildman–Crippen LogP) is 2.10. The number of benzene rings is 1. The van der Waals surface area contributed by atoms with Gasteiger partial charge < -0.3 is 14.5 Å². The molecule has 0 saturated carbocycles. The number of nitrogens with one attached hydrogen (secondary N) is 1. The summed E-state index contributed by atoms with van der Waals surface area (Å²) < 4.78 is 35.5. The van der Waals surface area contributed by atoms with Crippen LogP contribution in [0, 0.1) is 13.8 Å². The molecule has 0 unspecified atom stereocenters. The third-order valence-corrected chi connectivity index (χ3v) is 6.39. The van der Waals surface area contributed by atoms with Gasteiger partial charge in [0.2, 0.25) is 15.8 Å². The zero-order chi connectivity index (χ0) is 22.8. The minimum Gasteiger partial charge on any atom is -0.465 e. The van der Waals surface area contributed by atoms with Crippen LogP contribution in [0.3, 0.4) is 0 Å². The maximum atomic E-state index is 12.8. The van der Waals surface area contributed by atoms with Gasteiger partial charge >= 0.3 is 11.9 Å². The fourth-order valence-electron chi connectivity index (χ4n) is 2.88. The fraction of sp³-hybridized carbons (Fsp3) is 0.350. The van der Waals surface area contributed by atoms with Crippen molar-refractivity contribution in [1.82, 2.24) is 9.29 Å². The molecule has 0 radical (unpaired) electrons. The van der Waals surface area contributed by atoms with Crippen LogP contribution in [0.2, 0.25) is 0 Å². The Morgan fingerprint density at radius 1 is 1.10 bits per heavy atom. The Labute approximate surface area is 175 Å². The molecule has 0 saturated heterocycles. The standard InChI is InChI=1S/C20H24N2O7S/c1-11-16(20(25)28-6)12(2)21-17(11)18(23)13(3)29-19(24)14-8-7-9-15(10-14)30(26,27)22(4)5/h7-10,13,21H,1-6H3/t13-/m0/s1. The van der Waals surface area contributed by atoms with Crippen molar-refractivity contribution in [3.05, 3.63) is 52.3 Å². The number of aryl methyl sites for hydroxylation is 1. The topological polar surface area (TPSA) is 123 Å². The smallest absolute Gasteiger partial charge is 0.339 e. The summed E-state index contributed by atoms with van der Waals surface area (Å²) in [7, 11) is 0.270. The van der Waals surface area contributed by atoms with Crippen molar-refractivity contribution in [2.24, 2.45) is 0 Å². The number of aromatic amines is 1. The highest BCUT2D eigenvalue weighted by Gasteiger charge is 2.28. The summed E-state index contributed by atoms with van der Waals surface area (Å²) >= 11 is 0. The minimum atomic E-state index is -3.73. The van der Waals surface area contributed by atoms with E-state index in [2.05, 4.69) is 4.98 Å². The second-order valence-electron chi connectivity index (χ2n) is 6.84. The molecular weight excluding hydrogens is 412 g/mol. The number of sulfonamides is 1. The SMILES string of the molecule is COC(=O)c1c(C)[nH]c(C(=O)[C@H](C)OC(=O)c2cccc(S(=O)(=O)N(C)C)c2)c1C. The maximum Gasteiger partial charge on any atom is 0.339 e. The third-order valence-electron chi connectivity index (χ3n) is 4.57. The molecule has 10 heteroatoms. The molecule has 30 heavy (non-hydrogen) atoms. The predicted molar refractivity (Wildman–Crippen MR) is 108 cm³/mol. The fourth-order valence-corrected chi connectivity index (χ4v) is 3.83. The molecule has 1 aromatic heterocycles. The van der Waals surface area contributed by atoms with E-state index in [9.17, 15) is 22.8 Å². The van der Waals surface area contributed by atoms with Crippen LogP contribution in [0.4, 0.5) is 0 Å². The van der Waals surface area contributed by atoms with E-state index >= 15 is 0 Å². The average Bonchev–Trinajstić information content (AvgIpc) is 3.00. The highest BCUT2D eigenvalue weighted by atomic mass is 32.2. The van der Waals surface area contributed by atoms with E-state index in [0.29, 0.717) is 11.3 Å². The zero-order valence-corrected chi connectivity index (χ0v) is 18.4. The van der Waals surface area contributed by atoms with Crippen LogP contribution in [0.25, 0.3) is 0 Å². The van der Waals surface area contributed by atoms with Crippen LogP contribution < -0.4 is 0 Å². The van der Waals surface area contributed by atoms with Crippen LogP contribution in [-0.4, -0.2) is 62.7 Å². The van der Waals surface area contributed by atoms with E-state index in [0.717, 1.165) is 4.31 Å². The van der Waals surface area contributed by atoms with Crippen molar-refractivity contribution >= 4 is 27.7 Å². The number of hydrogen-bond acceptors (Lipinski definition) is 7. The van der Waals surface area contributed by atoms with Crippen molar-refractivity contribution in [1.29, 1.82) is 0 Å². The Morgan fingerprint density at radius 2 is 1.73 bits per heavy atom. The largest absolute Gasteiger partial charge is 0.465 e. The van der Waals surface area contributed by atoms with Gasteiger partial charge in [0.05, 0.1) is 28.8 Å². The molecule has 1 heterocycles. The number of hydrogen-bond donors (Lipinski definition) is 1. The van der Waals surface area contributed by atoms with Crippen LogP contribution >= 0.6 is 0 Å². The number of methoxy groups -OCH3 is 1. The Balaban J connectivity index is 2.25. The summed E-state index contributed by atoms with van der Waals surface area (Å²) in [5.41, 5.74) is 1.24. The molecule has 1 aromatic carbocycles. The number of rotatable bonds is 7. The van der Waals surface area contributed by atoms with Crippen LogP contribution in [0.5, 0.6) is 0 Å². The summed E-state index contributed by atoms with van der Waals surface area (Å²) in [4.78, 5) is 39.9. The number of nitrogens with zero attached hydrogens (tertiary/aromatic N) is 1. The summed E-state index contributed by atoms with van der Waals surface area (Å²) in [5, 5.41) is 0. The second kappa shape index (κ2) is 8.80. The quantitative estimate of drug-likeness (QED) is 0.521. The summed E-state index contributed by atoms with van der Waals surface area (Å²) in [6, 6.07) is 5.36. The minimum absolute atomic E-state index is 0.00721. The molecule has 2 rings (SSSR count). The first kappa shape index (κ1) is 23.3. The first-order chi connectivity index (χ1) is 13.9. The lowest BCUT2D eigenvalue weighted by Crippen LogP contribution is -2.26. The van der Waals surface area contributed by atoms with Crippen LogP contribution in [0.15, 0.2) is 29.2 Å². The van der Waals surface area contributed by atoms with E-state index in [4.69, 9.17) is 9.47 Å². The van der Waals surface area contributed by atoms with Crippen molar-refractivity contribution in [3.8, 4) is 0 Å². The Kier molecular flexibility index (Phi) is 6.84. The third kappa shape index (κ3) is 4.44. The maximum absolute atomic E-state index is 12.8. The van der Waals surface area contributed by atoms with Gasteiger partial charge in [-0.2, -0.15) is 0 Å². The van der Waals surface area contributed by atoms with E-state index in [1.807, 2.05) is 0 Å². The number of ether oxygens (including phenoxy) is 2. The number of carbonyl (C=O) groups is 3. The van der Waals surface area contributed by atoms with E-state index < -0.39 is 33.8 Å². The molecule has 0 amide bonds. The van der Waals surface area contributed by atoms with Gasteiger partial charge in [0, 0.05) is 19.8 Å². The lowest BCUT2D eigenvalue weighted by Gasteiger charge is -2.14. The monoisotopic (exact) mass is 436 g/mol. The van der Waals surface area contributed by atoms with Gasteiger partial charge in [0.25, 0.3) is 0 Å². The molecule has 0 aliphatic heterocycles. The van der Waals surface area contributed by atoms with Gasteiger partial charge in [-0.25, -0.2) is 22.3 Å². The number of carbonyl (C=O) groups excluding carboxylic acids is 3. The molecule has 9 nitrogen and oxygen atoms in total. The molecule has 1 N–H and O–H groups in total. The summed E-state index contributed by atoms with van der Waals surface area (Å²) in [6.45, 7) is 4.62. The first-order valence-corrected chi connectivity index (χ1v) is 10.4.